The number of benzene rings is 1. The summed E-state index contributed by atoms with van der Waals surface area (Å²) in [7, 11) is 0. The topological polar surface area (TPSA) is 56.3 Å². The Morgan fingerprint density at radius 2 is 2.03 bits per heavy atom. The molecular formula is C26H30N4O2. The lowest BCUT2D eigenvalue weighted by Crippen LogP contribution is -2.28. The van der Waals surface area contributed by atoms with Gasteiger partial charge < -0.3 is 18.7 Å². The fraction of sp³-hybridized carbons (Fsp3) is 0.462. The molecule has 2 aromatic heterocycles. The third-order valence-electron chi connectivity index (χ3n) is 6.41. The molecule has 0 spiro atoms. The van der Waals surface area contributed by atoms with Crippen LogP contribution in [0.25, 0.3) is 0 Å². The van der Waals surface area contributed by atoms with Crippen LogP contribution in [0.1, 0.15) is 54.1 Å². The molecule has 1 saturated heterocycles. The molecule has 2 unspecified atom stereocenters. The van der Waals surface area contributed by atoms with Crippen LogP contribution in [-0.2, 0) is 17.7 Å². The summed E-state index contributed by atoms with van der Waals surface area (Å²) in [6.07, 6.45) is 7.12. The molecule has 0 bridgehead atoms. The highest BCUT2D eigenvalue weighted by molar-refractivity contribution is 5.42. The maximum Gasteiger partial charge on any atom is 0.210 e. The Morgan fingerprint density at radius 1 is 1.12 bits per heavy atom. The number of aromatic nitrogens is 3. The van der Waals surface area contributed by atoms with Gasteiger partial charge in [0.05, 0.1) is 13.2 Å². The van der Waals surface area contributed by atoms with E-state index in [2.05, 4.69) is 62.6 Å². The van der Waals surface area contributed by atoms with E-state index in [1.807, 2.05) is 18.5 Å². The summed E-state index contributed by atoms with van der Waals surface area (Å²) in [6.45, 7) is 7.97. The van der Waals surface area contributed by atoms with Gasteiger partial charge in [0.25, 0.3) is 0 Å². The quantitative estimate of drug-likeness (QED) is 0.558. The third-order valence-corrected chi connectivity index (χ3v) is 6.41. The van der Waals surface area contributed by atoms with Crippen LogP contribution in [0.4, 0.5) is 0 Å². The summed E-state index contributed by atoms with van der Waals surface area (Å²) in [5, 5.41) is 4.15. The number of aryl methyl sites for hydroxylation is 1. The first-order valence-electron chi connectivity index (χ1n) is 11.7. The smallest absolute Gasteiger partial charge is 0.210 e. The fourth-order valence-corrected chi connectivity index (χ4v) is 4.54. The van der Waals surface area contributed by atoms with Gasteiger partial charge in [-0.25, -0.2) is 4.98 Å². The van der Waals surface area contributed by atoms with Crippen molar-refractivity contribution in [2.24, 2.45) is 5.92 Å². The Morgan fingerprint density at radius 3 is 2.91 bits per heavy atom. The normalized spacial score (nSPS) is 21.0. The molecular weight excluding hydrogens is 400 g/mol. The number of imidazole rings is 1. The van der Waals surface area contributed by atoms with Gasteiger partial charge in [-0.1, -0.05) is 30.1 Å². The van der Waals surface area contributed by atoms with Gasteiger partial charge in [-0.3, -0.25) is 0 Å². The molecule has 5 rings (SSSR count). The van der Waals surface area contributed by atoms with E-state index in [0.29, 0.717) is 18.2 Å². The van der Waals surface area contributed by atoms with Gasteiger partial charge in [-0.15, -0.1) is 0 Å². The zero-order valence-electron chi connectivity index (χ0n) is 18.7. The molecule has 6 nitrogen and oxygen atoms in total. The van der Waals surface area contributed by atoms with Crippen LogP contribution in [0.2, 0.25) is 0 Å². The van der Waals surface area contributed by atoms with E-state index in [1.165, 1.54) is 25.1 Å². The molecule has 3 aromatic rings. The monoisotopic (exact) mass is 430 g/mol. The van der Waals surface area contributed by atoms with Crippen molar-refractivity contribution in [2.45, 2.75) is 38.6 Å². The van der Waals surface area contributed by atoms with E-state index in [4.69, 9.17) is 9.26 Å². The van der Waals surface area contributed by atoms with Crippen molar-refractivity contribution < 1.29 is 9.26 Å². The predicted molar refractivity (Wildman–Crippen MR) is 122 cm³/mol. The van der Waals surface area contributed by atoms with Crippen molar-refractivity contribution >= 4 is 0 Å². The van der Waals surface area contributed by atoms with Gasteiger partial charge in [-0.2, -0.15) is 0 Å². The largest absolute Gasteiger partial charge is 0.380 e. The minimum absolute atomic E-state index is 0.589. The SMILES string of the molecule is CCc1nccn1Cc1cc(C#Cc2ccc(C3CC3CN3CCCOCC3)cc2)on1. The summed E-state index contributed by atoms with van der Waals surface area (Å²) >= 11 is 0. The first-order valence-corrected chi connectivity index (χ1v) is 11.7. The van der Waals surface area contributed by atoms with Crippen molar-refractivity contribution in [3.63, 3.8) is 0 Å². The number of nitrogens with zero attached hydrogens (tertiary/aromatic N) is 4. The predicted octanol–water partition coefficient (Wildman–Crippen LogP) is 3.71. The van der Waals surface area contributed by atoms with Gasteiger partial charge in [0.15, 0.2) is 0 Å². The summed E-state index contributed by atoms with van der Waals surface area (Å²) in [4.78, 5) is 6.91. The van der Waals surface area contributed by atoms with E-state index in [0.717, 1.165) is 55.6 Å². The van der Waals surface area contributed by atoms with Crippen molar-refractivity contribution in [2.75, 3.05) is 32.8 Å². The van der Waals surface area contributed by atoms with Crippen molar-refractivity contribution in [1.29, 1.82) is 0 Å². The fourth-order valence-electron chi connectivity index (χ4n) is 4.54. The summed E-state index contributed by atoms with van der Waals surface area (Å²) < 4.78 is 13.1. The Kier molecular flexibility index (Phi) is 6.38. The molecule has 0 N–H and O–H groups in total. The average molecular weight is 431 g/mol. The van der Waals surface area contributed by atoms with E-state index >= 15 is 0 Å². The van der Waals surface area contributed by atoms with Crippen molar-refractivity contribution in [1.82, 2.24) is 19.6 Å². The van der Waals surface area contributed by atoms with E-state index < -0.39 is 0 Å². The Balaban J connectivity index is 1.15. The molecule has 0 radical (unpaired) electrons. The maximum absolute atomic E-state index is 5.57. The van der Waals surface area contributed by atoms with Crippen molar-refractivity contribution in [3.8, 4) is 11.8 Å². The zero-order chi connectivity index (χ0) is 21.8. The van der Waals surface area contributed by atoms with Crippen LogP contribution in [0.15, 0.2) is 47.2 Å². The molecule has 1 aromatic carbocycles. The van der Waals surface area contributed by atoms with Crippen LogP contribution >= 0.6 is 0 Å². The van der Waals surface area contributed by atoms with E-state index in [9.17, 15) is 0 Å². The Bertz CT molecular complexity index is 1080. The second kappa shape index (κ2) is 9.72. The Labute approximate surface area is 189 Å². The molecule has 3 heterocycles. The first-order chi connectivity index (χ1) is 15.8. The van der Waals surface area contributed by atoms with Gasteiger partial charge >= 0.3 is 0 Å². The highest BCUT2D eigenvalue weighted by atomic mass is 16.5. The van der Waals surface area contributed by atoms with Crippen LogP contribution in [-0.4, -0.2) is 52.5 Å². The second-order valence-corrected chi connectivity index (χ2v) is 8.75. The number of hydrogen-bond acceptors (Lipinski definition) is 5. The van der Waals surface area contributed by atoms with Gasteiger partial charge in [0, 0.05) is 56.7 Å². The van der Waals surface area contributed by atoms with Gasteiger partial charge in [0.1, 0.15) is 11.5 Å². The first kappa shape index (κ1) is 21.0. The molecule has 166 valence electrons. The zero-order valence-corrected chi connectivity index (χ0v) is 18.7. The lowest BCUT2D eigenvalue weighted by Gasteiger charge is -2.18. The number of rotatable bonds is 6. The lowest BCUT2D eigenvalue weighted by molar-refractivity contribution is 0.140. The second-order valence-electron chi connectivity index (χ2n) is 8.75. The van der Waals surface area contributed by atoms with Gasteiger partial charge in [0.2, 0.25) is 5.76 Å². The minimum atomic E-state index is 0.589. The molecule has 1 aliphatic carbocycles. The standard InChI is InChI=1S/C26H30N4O2/c1-2-26-27-10-12-30(26)19-23-17-24(32-28-23)9-6-20-4-7-21(8-5-20)25-16-22(25)18-29-11-3-14-31-15-13-29/h4-5,7-8,10,12,17,22,25H,2-3,11,13-16,18-19H2,1H3. The maximum atomic E-state index is 5.57. The molecule has 32 heavy (non-hydrogen) atoms. The highest BCUT2D eigenvalue weighted by Crippen LogP contribution is 2.47. The van der Waals surface area contributed by atoms with Crippen LogP contribution in [0.5, 0.6) is 0 Å². The van der Waals surface area contributed by atoms with E-state index in [-0.39, 0.29) is 0 Å². The average Bonchev–Trinajstić information content (AvgIpc) is 3.32. The van der Waals surface area contributed by atoms with Crippen molar-refractivity contribution in [3.05, 3.63) is 71.1 Å². The molecule has 6 heteroatoms. The molecule has 0 amide bonds. The molecule has 1 saturated carbocycles. The highest BCUT2D eigenvalue weighted by Gasteiger charge is 2.39. The summed E-state index contributed by atoms with van der Waals surface area (Å²) in [5.74, 6) is 9.40. The number of ether oxygens (including phenoxy) is 1. The number of hydrogen-bond donors (Lipinski definition) is 0. The van der Waals surface area contributed by atoms with Crippen LogP contribution in [0, 0.1) is 17.8 Å². The lowest BCUT2D eigenvalue weighted by atomic mass is 10.1. The van der Waals surface area contributed by atoms with Gasteiger partial charge in [-0.05, 0) is 48.3 Å². The molecule has 2 atom stereocenters. The molecule has 1 aliphatic heterocycles. The molecule has 2 fully saturated rings. The molecule has 2 aliphatic rings. The Hall–Kier alpha value is -2.88. The summed E-state index contributed by atoms with van der Waals surface area (Å²) in [5.41, 5.74) is 3.28. The van der Waals surface area contributed by atoms with Crippen LogP contribution < -0.4 is 0 Å². The third kappa shape index (κ3) is 5.12. The van der Waals surface area contributed by atoms with Crippen LogP contribution in [0.3, 0.4) is 0 Å². The summed E-state index contributed by atoms with van der Waals surface area (Å²) in [6, 6.07) is 10.6. The minimum Gasteiger partial charge on any atom is -0.380 e. The van der Waals surface area contributed by atoms with E-state index in [1.54, 1.807) is 0 Å².